The van der Waals surface area contributed by atoms with Gasteiger partial charge in [0, 0.05) is 7.05 Å². The maximum absolute atomic E-state index is 12.4. The van der Waals surface area contributed by atoms with Gasteiger partial charge in [-0.15, -0.1) is 0 Å². The fraction of sp³-hybridized carbons (Fsp3) is 0.417. The minimum atomic E-state index is -3.83. The zero-order valence-electron chi connectivity index (χ0n) is 11.1. The van der Waals surface area contributed by atoms with Crippen molar-refractivity contribution in [1.29, 1.82) is 5.26 Å². The molecule has 0 bridgehead atoms. The molecule has 0 amide bonds. The summed E-state index contributed by atoms with van der Waals surface area (Å²) >= 11 is 0. The Kier molecular flexibility index (Phi) is 4.20. The molecule has 0 atom stereocenters. The third kappa shape index (κ3) is 2.87. The van der Waals surface area contributed by atoms with Crippen LogP contribution in [0.25, 0.3) is 0 Å². The summed E-state index contributed by atoms with van der Waals surface area (Å²) < 4.78 is 25.9. The summed E-state index contributed by atoms with van der Waals surface area (Å²) in [6.45, 7) is 2.88. The summed E-state index contributed by atoms with van der Waals surface area (Å²) in [7, 11) is -2.45. The van der Waals surface area contributed by atoms with Crippen LogP contribution in [0.1, 0.15) is 19.4 Å². The first-order chi connectivity index (χ1) is 8.66. The van der Waals surface area contributed by atoms with Crippen molar-refractivity contribution in [3.05, 3.63) is 23.8 Å². The van der Waals surface area contributed by atoms with E-state index in [2.05, 4.69) is 0 Å². The fourth-order valence-corrected chi connectivity index (χ4v) is 3.03. The highest BCUT2D eigenvalue weighted by atomic mass is 32.2. The topological polar surface area (TPSA) is 107 Å². The second-order valence-corrected chi connectivity index (χ2v) is 6.75. The Hall–Kier alpha value is -1.62. The van der Waals surface area contributed by atoms with E-state index >= 15 is 0 Å². The van der Waals surface area contributed by atoms with E-state index in [1.54, 1.807) is 13.8 Å². The van der Waals surface area contributed by atoms with Crippen molar-refractivity contribution in [2.45, 2.75) is 24.3 Å². The SMILES string of the molecule is CN(C(C)(C)CO)S(=O)(=O)c1ccc(C#N)cc1N. The van der Waals surface area contributed by atoms with E-state index < -0.39 is 15.6 Å². The maximum Gasteiger partial charge on any atom is 0.245 e. The number of benzene rings is 1. The average Bonchev–Trinajstić information content (AvgIpc) is 2.37. The first kappa shape index (κ1) is 15.4. The Morgan fingerprint density at radius 3 is 2.47 bits per heavy atom. The molecule has 0 radical (unpaired) electrons. The Morgan fingerprint density at radius 1 is 1.47 bits per heavy atom. The number of sulfonamides is 1. The summed E-state index contributed by atoms with van der Waals surface area (Å²) in [6.07, 6.45) is 0. The molecule has 0 aliphatic carbocycles. The molecule has 0 aliphatic heterocycles. The zero-order valence-corrected chi connectivity index (χ0v) is 11.9. The molecular formula is C12H17N3O3S. The standard InChI is InChI=1S/C12H17N3O3S/c1-12(2,8-16)15(3)19(17,18)11-5-4-9(7-13)6-10(11)14/h4-6,16H,8,14H2,1-3H3. The predicted octanol–water partition coefficient (Wildman–Crippen LogP) is 0.532. The molecule has 0 spiro atoms. The van der Waals surface area contributed by atoms with Gasteiger partial charge >= 0.3 is 0 Å². The van der Waals surface area contributed by atoms with Crippen LogP contribution in [0.4, 0.5) is 5.69 Å². The summed E-state index contributed by atoms with van der Waals surface area (Å²) in [6, 6.07) is 5.89. The van der Waals surface area contributed by atoms with E-state index in [9.17, 15) is 13.5 Å². The van der Waals surface area contributed by atoms with Crippen LogP contribution in [-0.4, -0.2) is 37.0 Å². The lowest BCUT2D eigenvalue weighted by Gasteiger charge is -2.33. The Morgan fingerprint density at radius 2 is 2.05 bits per heavy atom. The lowest BCUT2D eigenvalue weighted by atomic mass is 10.1. The smallest absolute Gasteiger partial charge is 0.245 e. The molecular weight excluding hydrogens is 266 g/mol. The van der Waals surface area contributed by atoms with Gasteiger partial charge in [0.15, 0.2) is 0 Å². The molecule has 6 nitrogen and oxygen atoms in total. The van der Waals surface area contributed by atoms with Gasteiger partial charge in [0.2, 0.25) is 10.0 Å². The predicted molar refractivity (Wildman–Crippen MR) is 71.7 cm³/mol. The third-order valence-corrected chi connectivity index (χ3v) is 5.16. The van der Waals surface area contributed by atoms with Crippen molar-refractivity contribution in [3.63, 3.8) is 0 Å². The number of nitrogens with zero attached hydrogens (tertiary/aromatic N) is 2. The number of rotatable bonds is 4. The highest BCUT2D eigenvalue weighted by Crippen LogP contribution is 2.27. The van der Waals surface area contributed by atoms with E-state index in [-0.39, 0.29) is 17.2 Å². The van der Waals surface area contributed by atoms with Crippen LogP contribution in [0, 0.1) is 11.3 Å². The molecule has 104 valence electrons. The molecule has 0 fully saturated rings. The van der Waals surface area contributed by atoms with Crippen molar-refractivity contribution in [1.82, 2.24) is 4.31 Å². The number of hydrogen-bond acceptors (Lipinski definition) is 5. The van der Waals surface area contributed by atoms with Crippen LogP contribution in [-0.2, 0) is 10.0 Å². The molecule has 0 aromatic heterocycles. The molecule has 0 saturated carbocycles. The first-order valence-corrected chi connectivity index (χ1v) is 7.00. The van der Waals surface area contributed by atoms with E-state index in [4.69, 9.17) is 11.0 Å². The molecule has 3 N–H and O–H groups in total. The molecule has 0 aliphatic rings. The number of anilines is 1. The number of nitrogens with two attached hydrogens (primary N) is 1. The molecule has 1 aromatic rings. The van der Waals surface area contributed by atoms with Crippen molar-refractivity contribution >= 4 is 15.7 Å². The quantitative estimate of drug-likeness (QED) is 0.784. The normalized spacial score (nSPS) is 12.4. The van der Waals surface area contributed by atoms with Gasteiger partial charge in [-0.05, 0) is 32.0 Å². The van der Waals surface area contributed by atoms with Gasteiger partial charge in [-0.25, -0.2) is 8.42 Å². The summed E-state index contributed by atoms with van der Waals surface area (Å²) in [5.41, 5.74) is 5.05. The average molecular weight is 283 g/mol. The number of aliphatic hydroxyl groups is 1. The number of nitrogen functional groups attached to an aromatic ring is 1. The summed E-state index contributed by atoms with van der Waals surface area (Å²) in [5, 5.41) is 18.0. The van der Waals surface area contributed by atoms with Gasteiger partial charge in [0.25, 0.3) is 0 Å². The van der Waals surface area contributed by atoms with Crippen LogP contribution in [0.3, 0.4) is 0 Å². The van der Waals surface area contributed by atoms with Crippen LogP contribution in [0.5, 0.6) is 0 Å². The molecule has 0 saturated heterocycles. The highest BCUT2D eigenvalue weighted by Gasteiger charge is 2.34. The van der Waals surface area contributed by atoms with E-state index in [0.29, 0.717) is 5.56 Å². The molecule has 1 aromatic carbocycles. The number of aliphatic hydroxyl groups excluding tert-OH is 1. The second-order valence-electron chi connectivity index (χ2n) is 4.81. The van der Waals surface area contributed by atoms with Crippen molar-refractivity contribution in [3.8, 4) is 6.07 Å². The summed E-state index contributed by atoms with van der Waals surface area (Å²) in [5.74, 6) is 0. The van der Waals surface area contributed by atoms with Crippen LogP contribution < -0.4 is 5.73 Å². The van der Waals surface area contributed by atoms with Crippen molar-refractivity contribution in [2.75, 3.05) is 19.4 Å². The Bertz CT molecular complexity index is 618. The van der Waals surface area contributed by atoms with Gasteiger partial charge in [-0.2, -0.15) is 9.57 Å². The second kappa shape index (κ2) is 5.17. The van der Waals surface area contributed by atoms with E-state index in [1.165, 1.54) is 25.2 Å². The van der Waals surface area contributed by atoms with Gasteiger partial charge in [0.05, 0.1) is 29.5 Å². The summed E-state index contributed by atoms with van der Waals surface area (Å²) in [4.78, 5) is -0.0736. The number of likely N-dealkylation sites (N-methyl/N-ethyl adjacent to an activating group) is 1. The van der Waals surface area contributed by atoms with Crippen molar-refractivity contribution < 1.29 is 13.5 Å². The van der Waals surface area contributed by atoms with E-state index in [1.807, 2.05) is 6.07 Å². The number of hydrogen-bond donors (Lipinski definition) is 2. The van der Waals surface area contributed by atoms with Gasteiger partial charge < -0.3 is 10.8 Å². The molecule has 7 heteroatoms. The van der Waals surface area contributed by atoms with E-state index in [0.717, 1.165) is 4.31 Å². The van der Waals surface area contributed by atoms with Gasteiger partial charge in [-0.1, -0.05) is 0 Å². The van der Waals surface area contributed by atoms with Crippen LogP contribution >= 0.6 is 0 Å². The minimum Gasteiger partial charge on any atom is -0.398 e. The Balaban J connectivity index is 3.33. The van der Waals surface area contributed by atoms with Crippen LogP contribution in [0.2, 0.25) is 0 Å². The first-order valence-electron chi connectivity index (χ1n) is 5.56. The molecule has 0 unspecified atom stereocenters. The third-order valence-electron chi connectivity index (χ3n) is 3.02. The zero-order chi connectivity index (χ0) is 14.8. The highest BCUT2D eigenvalue weighted by molar-refractivity contribution is 7.89. The maximum atomic E-state index is 12.4. The van der Waals surface area contributed by atoms with Gasteiger partial charge in [-0.3, -0.25) is 0 Å². The van der Waals surface area contributed by atoms with Gasteiger partial charge in [0.1, 0.15) is 4.90 Å². The minimum absolute atomic E-state index is 0.0136. The lowest BCUT2D eigenvalue weighted by Crippen LogP contribution is -2.47. The number of nitriles is 1. The van der Waals surface area contributed by atoms with Crippen molar-refractivity contribution in [2.24, 2.45) is 0 Å². The molecule has 19 heavy (non-hydrogen) atoms. The Labute approximate surface area is 113 Å². The molecule has 0 heterocycles. The molecule has 1 rings (SSSR count). The largest absolute Gasteiger partial charge is 0.398 e. The monoisotopic (exact) mass is 283 g/mol. The fourth-order valence-electron chi connectivity index (χ4n) is 1.43. The lowest BCUT2D eigenvalue weighted by molar-refractivity contribution is 0.138. The van der Waals surface area contributed by atoms with Crippen LogP contribution in [0.15, 0.2) is 23.1 Å².